The Labute approximate surface area is 175 Å². The second-order valence-electron chi connectivity index (χ2n) is 7.55. The number of hydrogen-bond donors (Lipinski definition) is 0. The minimum atomic E-state index is -0.0215. The summed E-state index contributed by atoms with van der Waals surface area (Å²) in [7, 11) is 0. The molecule has 0 aromatic carbocycles. The van der Waals surface area contributed by atoms with Gasteiger partial charge in [0, 0.05) is 30.6 Å². The molecule has 0 unspecified atom stereocenters. The fraction of sp³-hybridized carbons (Fsp3) is 0.304. The predicted molar refractivity (Wildman–Crippen MR) is 117 cm³/mol. The van der Waals surface area contributed by atoms with Gasteiger partial charge in [0.15, 0.2) is 5.65 Å². The Balaban J connectivity index is 1.74. The molecular formula is C23H25N5O2. The molecule has 0 radical (unpaired) electrons. The zero-order valence-corrected chi connectivity index (χ0v) is 17.4. The zero-order chi connectivity index (χ0) is 21.1. The Morgan fingerprint density at radius 1 is 1.13 bits per heavy atom. The summed E-state index contributed by atoms with van der Waals surface area (Å²) in [4.78, 5) is 21.3. The van der Waals surface area contributed by atoms with E-state index in [1.165, 1.54) is 0 Å². The van der Waals surface area contributed by atoms with Crippen LogP contribution in [0.15, 0.2) is 59.8 Å². The van der Waals surface area contributed by atoms with E-state index >= 15 is 0 Å². The van der Waals surface area contributed by atoms with E-state index < -0.39 is 0 Å². The monoisotopic (exact) mass is 403 g/mol. The Morgan fingerprint density at radius 2 is 2.00 bits per heavy atom. The van der Waals surface area contributed by atoms with Gasteiger partial charge in [0.2, 0.25) is 5.88 Å². The van der Waals surface area contributed by atoms with Gasteiger partial charge >= 0.3 is 0 Å². The summed E-state index contributed by atoms with van der Waals surface area (Å²) < 4.78 is 9.18. The summed E-state index contributed by atoms with van der Waals surface area (Å²) in [6.07, 6.45) is 6.27. The van der Waals surface area contributed by atoms with Crippen molar-refractivity contribution >= 4 is 5.65 Å². The number of aryl methyl sites for hydroxylation is 1. The van der Waals surface area contributed by atoms with Crippen LogP contribution in [0.1, 0.15) is 27.2 Å². The number of aromatic nitrogens is 5. The highest BCUT2D eigenvalue weighted by Crippen LogP contribution is 2.28. The molecule has 7 heteroatoms. The van der Waals surface area contributed by atoms with Gasteiger partial charge in [0.1, 0.15) is 0 Å². The average molecular weight is 403 g/mol. The summed E-state index contributed by atoms with van der Waals surface area (Å²) in [5.74, 6) is 1.09. The molecule has 0 spiro atoms. The second kappa shape index (κ2) is 8.49. The van der Waals surface area contributed by atoms with Crippen LogP contribution in [0.2, 0.25) is 0 Å². The summed E-state index contributed by atoms with van der Waals surface area (Å²) in [6, 6.07) is 11.1. The lowest BCUT2D eigenvalue weighted by atomic mass is 10.1. The van der Waals surface area contributed by atoms with Gasteiger partial charge in [-0.05, 0) is 49.6 Å². The van der Waals surface area contributed by atoms with Crippen LogP contribution in [0.25, 0.3) is 28.2 Å². The largest absolute Gasteiger partial charge is 0.477 e. The van der Waals surface area contributed by atoms with E-state index in [2.05, 4.69) is 23.8 Å². The van der Waals surface area contributed by atoms with Crippen LogP contribution in [0.5, 0.6) is 5.88 Å². The molecule has 154 valence electrons. The first-order chi connectivity index (χ1) is 14.6. The van der Waals surface area contributed by atoms with E-state index in [1.54, 1.807) is 27.5 Å². The lowest BCUT2D eigenvalue weighted by Gasteiger charge is -2.10. The van der Waals surface area contributed by atoms with Crippen molar-refractivity contribution < 1.29 is 4.74 Å². The van der Waals surface area contributed by atoms with Crippen molar-refractivity contribution in [3.63, 3.8) is 0 Å². The van der Waals surface area contributed by atoms with E-state index in [1.807, 2.05) is 43.5 Å². The first kappa shape index (κ1) is 19.8. The first-order valence-corrected chi connectivity index (χ1v) is 10.2. The number of imidazole rings is 1. The van der Waals surface area contributed by atoms with Gasteiger partial charge in [-0.2, -0.15) is 5.10 Å². The van der Waals surface area contributed by atoms with Gasteiger partial charge in [-0.1, -0.05) is 13.8 Å². The molecule has 0 aliphatic carbocycles. The molecule has 0 bridgehead atoms. The summed E-state index contributed by atoms with van der Waals surface area (Å²) >= 11 is 0. The van der Waals surface area contributed by atoms with E-state index in [9.17, 15) is 4.79 Å². The molecule has 0 saturated heterocycles. The summed E-state index contributed by atoms with van der Waals surface area (Å²) in [5, 5.41) is 4.75. The first-order valence-electron chi connectivity index (χ1n) is 10.2. The molecule has 7 nitrogen and oxygen atoms in total. The highest BCUT2D eigenvalue weighted by molar-refractivity contribution is 5.69. The van der Waals surface area contributed by atoms with Gasteiger partial charge in [-0.3, -0.25) is 4.79 Å². The van der Waals surface area contributed by atoms with Crippen LogP contribution in [0, 0.1) is 5.92 Å². The smallest absolute Gasteiger partial charge is 0.251 e. The Morgan fingerprint density at radius 3 is 2.77 bits per heavy atom. The molecular weight excluding hydrogens is 378 g/mol. The van der Waals surface area contributed by atoms with Crippen LogP contribution < -0.4 is 10.3 Å². The van der Waals surface area contributed by atoms with E-state index in [-0.39, 0.29) is 5.56 Å². The van der Waals surface area contributed by atoms with Gasteiger partial charge in [0.25, 0.3) is 5.56 Å². The van der Waals surface area contributed by atoms with Gasteiger partial charge in [-0.15, -0.1) is 0 Å². The SMILES string of the molecule is CCOc1ncccc1-c1cnc2ccc(-c3ccn(CCC(C)C)c(=O)c3)nn12. The minimum Gasteiger partial charge on any atom is -0.477 e. The molecule has 0 fully saturated rings. The molecule has 0 aliphatic rings. The number of rotatable bonds is 7. The van der Waals surface area contributed by atoms with Crippen LogP contribution in [0.3, 0.4) is 0 Å². The molecule has 4 aromatic heterocycles. The lowest BCUT2D eigenvalue weighted by molar-refractivity contribution is 0.328. The maximum absolute atomic E-state index is 12.5. The fourth-order valence-electron chi connectivity index (χ4n) is 3.30. The van der Waals surface area contributed by atoms with E-state index in [0.717, 1.165) is 29.8 Å². The third-order valence-electron chi connectivity index (χ3n) is 4.93. The molecule has 0 saturated carbocycles. The average Bonchev–Trinajstić information content (AvgIpc) is 3.16. The van der Waals surface area contributed by atoms with Crippen molar-refractivity contribution in [1.82, 2.24) is 24.1 Å². The van der Waals surface area contributed by atoms with Gasteiger partial charge < -0.3 is 9.30 Å². The number of nitrogens with zero attached hydrogens (tertiary/aromatic N) is 5. The topological polar surface area (TPSA) is 74.3 Å². The predicted octanol–water partition coefficient (Wildman–Crippen LogP) is 4.06. The summed E-state index contributed by atoms with van der Waals surface area (Å²) in [6.45, 7) is 7.47. The highest BCUT2D eigenvalue weighted by atomic mass is 16.5. The standard InChI is InChI=1S/C23H25N5O2/c1-4-30-23-18(6-5-11-24-23)20-15-25-21-8-7-19(26-28(20)21)17-10-13-27(22(29)14-17)12-9-16(2)3/h5-8,10-11,13-16H,4,9,12H2,1-3H3. The minimum absolute atomic E-state index is 0.0215. The molecule has 0 atom stereocenters. The normalized spacial score (nSPS) is 11.3. The number of pyridine rings is 2. The number of ether oxygens (including phenoxy) is 1. The quantitative estimate of drug-likeness (QED) is 0.465. The van der Waals surface area contributed by atoms with Gasteiger partial charge in [0.05, 0.1) is 29.8 Å². The van der Waals surface area contributed by atoms with Crippen molar-refractivity contribution in [3.8, 4) is 28.4 Å². The Bertz CT molecular complexity index is 1230. The molecule has 0 aliphatic heterocycles. The summed E-state index contributed by atoms with van der Waals surface area (Å²) in [5.41, 5.74) is 3.78. The number of fused-ring (bicyclic) bond motifs is 1. The zero-order valence-electron chi connectivity index (χ0n) is 17.4. The van der Waals surface area contributed by atoms with Crippen molar-refractivity contribution in [2.75, 3.05) is 6.61 Å². The third-order valence-corrected chi connectivity index (χ3v) is 4.93. The molecule has 4 rings (SSSR count). The fourth-order valence-corrected chi connectivity index (χ4v) is 3.30. The molecule has 30 heavy (non-hydrogen) atoms. The van der Waals surface area contributed by atoms with Crippen LogP contribution in [-0.2, 0) is 6.54 Å². The van der Waals surface area contributed by atoms with E-state index in [0.29, 0.717) is 29.7 Å². The third kappa shape index (κ3) is 3.96. The Kier molecular flexibility index (Phi) is 5.61. The Hall–Kier alpha value is -3.48. The molecule has 4 heterocycles. The van der Waals surface area contributed by atoms with Crippen LogP contribution in [-0.4, -0.2) is 30.8 Å². The van der Waals surface area contributed by atoms with Crippen molar-refractivity contribution in [3.05, 3.63) is 65.3 Å². The maximum atomic E-state index is 12.5. The van der Waals surface area contributed by atoms with Crippen LogP contribution in [0.4, 0.5) is 0 Å². The molecule has 4 aromatic rings. The van der Waals surface area contributed by atoms with Crippen molar-refractivity contribution in [2.45, 2.75) is 33.7 Å². The molecule has 0 N–H and O–H groups in total. The second-order valence-corrected chi connectivity index (χ2v) is 7.55. The van der Waals surface area contributed by atoms with Crippen LogP contribution >= 0.6 is 0 Å². The van der Waals surface area contributed by atoms with Crippen molar-refractivity contribution in [2.24, 2.45) is 5.92 Å². The maximum Gasteiger partial charge on any atom is 0.251 e. The van der Waals surface area contributed by atoms with Gasteiger partial charge in [-0.25, -0.2) is 14.5 Å². The van der Waals surface area contributed by atoms with E-state index in [4.69, 9.17) is 9.84 Å². The van der Waals surface area contributed by atoms with Crippen molar-refractivity contribution in [1.29, 1.82) is 0 Å². The lowest BCUT2D eigenvalue weighted by Crippen LogP contribution is -2.19. The number of hydrogen-bond acceptors (Lipinski definition) is 5. The highest BCUT2D eigenvalue weighted by Gasteiger charge is 2.14. The molecule has 0 amide bonds.